The maximum Gasteiger partial charge on any atom is 0.293 e. The van der Waals surface area contributed by atoms with Crippen LogP contribution >= 0.6 is 15.9 Å². The number of nitrogens with one attached hydrogen (secondary N) is 1. The fraction of sp³-hybridized carbons (Fsp3) is 0.538. The summed E-state index contributed by atoms with van der Waals surface area (Å²) >= 11 is 3.26. The highest BCUT2D eigenvalue weighted by Crippen LogP contribution is 2.29. The molecule has 0 radical (unpaired) electrons. The minimum absolute atomic E-state index is 0.126. The Morgan fingerprint density at radius 3 is 2.44 bits per heavy atom. The number of nitro groups is 1. The number of benzene rings is 1. The van der Waals surface area contributed by atoms with Gasteiger partial charge in [-0.05, 0) is 25.0 Å². The Morgan fingerprint density at radius 2 is 1.94 bits per heavy atom. The van der Waals surface area contributed by atoms with Gasteiger partial charge in [0, 0.05) is 16.6 Å². The molecule has 0 amide bonds. The molecule has 0 aromatic heterocycles. The van der Waals surface area contributed by atoms with Crippen molar-refractivity contribution in [1.29, 1.82) is 0 Å². The van der Waals surface area contributed by atoms with E-state index in [0.717, 1.165) is 30.2 Å². The largest absolute Gasteiger partial charge is 0.377 e. The molecule has 1 rings (SSSR count). The molecule has 4 nitrogen and oxygen atoms in total. The van der Waals surface area contributed by atoms with Crippen LogP contribution in [0.1, 0.15) is 39.5 Å². The summed E-state index contributed by atoms with van der Waals surface area (Å²) in [6.07, 6.45) is 4.20. The van der Waals surface area contributed by atoms with Crippen LogP contribution in [0.5, 0.6) is 0 Å². The summed E-state index contributed by atoms with van der Waals surface area (Å²) in [5, 5.41) is 14.3. The fourth-order valence-corrected chi connectivity index (χ4v) is 2.33. The molecular formula is C13H19BrN2O2. The number of nitro benzene ring substituents is 1. The lowest BCUT2D eigenvalue weighted by atomic mass is 10.1. The summed E-state index contributed by atoms with van der Waals surface area (Å²) in [5.74, 6) is 0. The summed E-state index contributed by atoms with van der Waals surface area (Å²) in [4.78, 5) is 10.7. The number of hydrogen-bond donors (Lipinski definition) is 1. The van der Waals surface area contributed by atoms with Crippen molar-refractivity contribution in [2.75, 3.05) is 5.32 Å². The summed E-state index contributed by atoms with van der Waals surface area (Å²) in [6.45, 7) is 4.25. The monoisotopic (exact) mass is 314 g/mol. The molecule has 100 valence electrons. The highest BCUT2D eigenvalue weighted by Gasteiger charge is 2.16. The van der Waals surface area contributed by atoms with Crippen molar-refractivity contribution in [3.63, 3.8) is 0 Å². The van der Waals surface area contributed by atoms with E-state index in [-0.39, 0.29) is 10.6 Å². The first-order valence-corrected chi connectivity index (χ1v) is 7.08. The van der Waals surface area contributed by atoms with E-state index in [9.17, 15) is 10.1 Å². The Hall–Kier alpha value is -1.10. The maximum absolute atomic E-state index is 11.0. The van der Waals surface area contributed by atoms with Gasteiger partial charge in [-0.1, -0.05) is 42.6 Å². The van der Waals surface area contributed by atoms with Gasteiger partial charge in [0.05, 0.1) is 4.92 Å². The van der Waals surface area contributed by atoms with Crippen molar-refractivity contribution < 1.29 is 4.92 Å². The van der Waals surface area contributed by atoms with E-state index in [1.54, 1.807) is 6.07 Å². The molecule has 0 bridgehead atoms. The predicted octanol–water partition coefficient (Wildman–Crippen LogP) is 4.74. The molecular weight excluding hydrogens is 296 g/mol. The first-order chi connectivity index (χ1) is 8.58. The lowest BCUT2D eigenvalue weighted by molar-refractivity contribution is -0.384. The van der Waals surface area contributed by atoms with Gasteiger partial charge >= 0.3 is 0 Å². The third-order valence-electron chi connectivity index (χ3n) is 2.79. The number of nitrogens with zero attached hydrogens (tertiary/aromatic N) is 1. The standard InChI is InChI=1S/C13H19BrN2O2/c1-3-5-11(6-4-2)15-12-8-7-10(14)9-13(12)16(17)18/h7-9,11,15H,3-6H2,1-2H3. The Labute approximate surface area is 116 Å². The molecule has 1 N–H and O–H groups in total. The van der Waals surface area contributed by atoms with Crippen LogP contribution in [0.15, 0.2) is 22.7 Å². The van der Waals surface area contributed by atoms with E-state index >= 15 is 0 Å². The van der Waals surface area contributed by atoms with Gasteiger partial charge < -0.3 is 5.32 Å². The van der Waals surface area contributed by atoms with Crippen LogP contribution in [0.4, 0.5) is 11.4 Å². The van der Waals surface area contributed by atoms with Gasteiger partial charge in [-0.2, -0.15) is 0 Å². The minimum Gasteiger partial charge on any atom is -0.377 e. The SMILES string of the molecule is CCCC(CCC)Nc1ccc(Br)cc1[N+](=O)[O-]. The summed E-state index contributed by atoms with van der Waals surface area (Å²) < 4.78 is 0.724. The second kappa shape index (κ2) is 7.36. The molecule has 0 heterocycles. The fourth-order valence-electron chi connectivity index (χ4n) is 1.98. The zero-order valence-corrected chi connectivity index (χ0v) is 12.4. The van der Waals surface area contributed by atoms with Crippen molar-refractivity contribution >= 4 is 27.3 Å². The molecule has 0 saturated heterocycles. The molecule has 0 aliphatic rings. The van der Waals surface area contributed by atoms with Gasteiger partial charge in [0.1, 0.15) is 5.69 Å². The van der Waals surface area contributed by atoms with Crippen LogP contribution < -0.4 is 5.32 Å². The minimum atomic E-state index is -0.345. The third-order valence-corrected chi connectivity index (χ3v) is 3.28. The zero-order valence-electron chi connectivity index (χ0n) is 10.8. The number of rotatable bonds is 7. The molecule has 0 fully saturated rings. The van der Waals surface area contributed by atoms with Crippen LogP contribution in [0, 0.1) is 10.1 Å². The van der Waals surface area contributed by atoms with Crippen molar-refractivity contribution in [3.05, 3.63) is 32.8 Å². The van der Waals surface area contributed by atoms with E-state index < -0.39 is 0 Å². The smallest absolute Gasteiger partial charge is 0.293 e. The van der Waals surface area contributed by atoms with Crippen molar-refractivity contribution in [3.8, 4) is 0 Å². The Bertz CT molecular complexity index is 404. The highest BCUT2D eigenvalue weighted by molar-refractivity contribution is 9.10. The Kier molecular flexibility index (Phi) is 6.12. The normalized spacial score (nSPS) is 10.7. The zero-order chi connectivity index (χ0) is 13.5. The Morgan fingerprint density at radius 1 is 1.33 bits per heavy atom. The van der Waals surface area contributed by atoms with Crippen LogP contribution in [0.25, 0.3) is 0 Å². The van der Waals surface area contributed by atoms with Crippen molar-refractivity contribution in [2.45, 2.75) is 45.6 Å². The molecule has 1 aromatic carbocycles. The van der Waals surface area contributed by atoms with Gasteiger partial charge in [0.2, 0.25) is 0 Å². The van der Waals surface area contributed by atoms with Crippen LogP contribution in [-0.4, -0.2) is 11.0 Å². The quantitative estimate of drug-likeness (QED) is 0.584. The number of hydrogen-bond acceptors (Lipinski definition) is 3. The predicted molar refractivity (Wildman–Crippen MR) is 78.0 cm³/mol. The average Bonchev–Trinajstić information content (AvgIpc) is 2.32. The van der Waals surface area contributed by atoms with E-state index in [1.807, 2.05) is 6.07 Å². The topological polar surface area (TPSA) is 55.2 Å². The molecule has 0 spiro atoms. The summed E-state index contributed by atoms with van der Waals surface area (Å²) in [6, 6.07) is 5.43. The lowest BCUT2D eigenvalue weighted by Gasteiger charge is -2.18. The molecule has 0 saturated carbocycles. The highest BCUT2D eigenvalue weighted by atomic mass is 79.9. The van der Waals surface area contributed by atoms with Crippen molar-refractivity contribution in [1.82, 2.24) is 0 Å². The second-order valence-electron chi connectivity index (χ2n) is 4.34. The van der Waals surface area contributed by atoms with E-state index in [0.29, 0.717) is 11.7 Å². The van der Waals surface area contributed by atoms with Crippen molar-refractivity contribution in [2.24, 2.45) is 0 Å². The van der Waals surface area contributed by atoms with Gasteiger partial charge in [0.25, 0.3) is 5.69 Å². The summed E-state index contributed by atoms with van der Waals surface area (Å²) in [7, 11) is 0. The average molecular weight is 315 g/mol. The molecule has 5 heteroatoms. The molecule has 0 atom stereocenters. The van der Waals surface area contributed by atoms with Crippen LogP contribution in [0.3, 0.4) is 0 Å². The van der Waals surface area contributed by atoms with Crippen LogP contribution in [-0.2, 0) is 0 Å². The molecule has 0 unspecified atom stereocenters. The molecule has 1 aromatic rings. The first kappa shape index (κ1) is 15.0. The summed E-state index contributed by atoms with van der Waals surface area (Å²) in [5.41, 5.74) is 0.733. The van der Waals surface area contributed by atoms with E-state index in [4.69, 9.17) is 0 Å². The number of anilines is 1. The number of halogens is 1. The third kappa shape index (κ3) is 4.29. The Balaban J connectivity index is 2.90. The maximum atomic E-state index is 11.0. The molecule has 18 heavy (non-hydrogen) atoms. The second-order valence-corrected chi connectivity index (χ2v) is 5.25. The van der Waals surface area contributed by atoms with Crippen LogP contribution in [0.2, 0.25) is 0 Å². The van der Waals surface area contributed by atoms with Gasteiger partial charge in [-0.25, -0.2) is 0 Å². The van der Waals surface area contributed by atoms with Gasteiger partial charge in [-0.3, -0.25) is 10.1 Å². The molecule has 0 aliphatic carbocycles. The van der Waals surface area contributed by atoms with E-state index in [2.05, 4.69) is 35.1 Å². The van der Waals surface area contributed by atoms with E-state index in [1.165, 1.54) is 6.07 Å². The van der Waals surface area contributed by atoms with Gasteiger partial charge in [-0.15, -0.1) is 0 Å². The van der Waals surface area contributed by atoms with Gasteiger partial charge in [0.15, 0.2) is 0 Å². The first-order valence-electron chi connectivity index (χ1n) is 6.29. The molecule has 0 aliphatic heterocycles. The lowest BCUT2D eigenvalue weighted by Crippen LogP contribution is -2.19.